The molecule has 1 heterocycles. The highest BCUT2D eigenvalue weighted by Crippen LogP contribution is 2.48. The second-order valence-electron chi connectivity index (χ2n) is 4.54. The Morgan fingerprint density at radius 3 is 1.32 bits per heavy atom. The van der Waals surface area contributed by atoms with Gasteiger partial charge < -0.3 is 15.3 Å². The van der Waals surface area contributed by atoms with E-state index in [2.05, 4.69) is 0 Å². The lowest BCUT2D eigenvalue weighted by atomic mass is 10.0. The van der Waals surface area contributed by atoms with Crippen molar-refractivity contribution in [3.05, 3.63) is 0 Å². The van der Waals surface area contributed by atoms with Gasteiger partial charge in [0.1, 0.15) is 0 Å². The number of aliphatic hydroxyl groups is 3. The van der Waals surface area contributed by atoms with E-state index in [4.69, 9.17) is 0 Å². The lowest BCUT2D eigenvalue weighted by molar-refractivity contribution is 0.0871. The van der Waals surface area contributed by atoms with Gasteiger partial charge in [0.15, 0.2) is 0 Å². The molecule has 1 saturated heterocycles. The van der Waals surface area contributed by atoms with E-state index in [0.29, 0.717) is 25.7 Å². The third-order valence-electron chi connectivity index (χ3n) is 2.89. The summed E-state index contributed by atoms with van der Waals surface area (Å²) in [6.45, 7) is 0. The smallest absolute Gasteiger partial charge is 0.0549 e. The van der Waals surface area contributed by atoms with Crippen LogP contribution in [0.4, 0.5) is 0 Å². The molecule has 114 valence electrons. The Morgan fingerprint density at radius 2 is 0.895 bits per heavy atom. The Bertz CT molecular complexity index is 203. The van der Waals surface area contributed by atoms with E-state index < -0.39 is 6.10 Å². The quantitative estimate of drug-likeness (QED) is 0.563. The Labute approximate surface area is 134 Å². The molecule has 0 radical (unpaired) electrons. The maximum Gasteiger partial charge on any atom is 0.0549 e. The first-order valence-electron chi connectivity index (χ1n) is 6.47. The Morgan fingerprint density at radius 1 is 0.526 bits per heavy atom. The van der Waals surface area contributed by atoms with Crippen molar-refractivity contribution in [3.8, 4) is 0 Å². The maximum atomic E-state index is 9.81. The number of hydrogen-bond donors (Lipinski definition) is 3. The van der Waals surface area contributed by atoms with Crippen LogP contribution in [-0.4, -0.2) is 45.1 Å². The van der Waals surface area contributed by atoms with E-state index in [1.54, 1.807) is 51.1 Å². The number of rotatable bonds is 0. The molecule has 0 aliphatic carbocycles. The summed E-state index contributed by atoms with van der Waals surface area (Å²) in [7, 11) is 8.77. The van der Waals surface area contributed by atoms with Crippen LogP contribution in [0.25, 0.3) is 0 Å². The highest BCUT2D eigenvalue weighted by molar-refractivity contribution is 9.35. The van der Waals surface area contributed by atoms with Crippen LogP contribution >= 0.6 is 51.1 Å². The monoisotopic (exact) mass is 362 g/mol. The van der Waals surface area contributed by atoms with Gasteiger partial charge in [-0.1, -0.05) is 21.6 Å². The van der Waals surface area contributed by atoms with Crippen LogP contribution in [0.5, 0.6) is 0 Å². The van der Waals surface area contributed by atoms with E-state index in [0.717, 1.165) is 24.3 Å². The summed E-state index contributed by atoms with van der Waals surface area (Å²) in [6.07, 6.45) is 3.12. The van der Waals surface area contributed by atoms with Gasteiger partial charge in [-0.3, -0.25) is 0 Å². The van der Waals surface area contributed by atoms with Gasteiger partial charge in [-0.05, 0) is 68.0 Å². The van der Waals surface area contributed by atoms with Gasteiger partial charge in [0.2, 0.25) is 0 Å². The minimum Gasteiger partial charge on any atom is -0.393 e. The minimum atomic E-state index is -0.392. The minimum absolute atomic E-state index is 0.312. The first-order valence-corrected chi connectivity index (χ1v) is 13.0. The molecule has 0 aromatic carbocycles. The molecule has 8 heteroatoms. The molecule has 3 N–H and O–H groups in total. The van der Waals surface area contributed by atoms with Crippen LogP contribution in [-0.2, 0) is 0 Å². The van der Waals surface area contributed by atoms with Crippen LogP contribution in [0.3, 0.4) is 0 Å². The summed E-state index contributed by atoms with van der Waals surface area (Å²) in [6, 6.07) is 0. The van der Waals surface area contributed by atoms with Gasteiger partial charge in [-0.25, -0.2) is 0 Å². The van der Waals surface area contributed by atoms with E-state index in [1.807, 2.05) is 0 Å². The third-order valence-corrected chi connectivity index (χ3v) is 11.6. The zero-order valence-electron chi connectivity index (χ0n) is 10.8. The topological polar surface area (TPSA) is 60.7 Å². The molecule has 1 aliphatic heterocycles. The highest BCUT2D eigenvalue weighted by Gasteiger charge is 2.13. The number of aliphatic hydroxyl groups excluding tert-OH is 3. The Hall–Kier alpha value is 1.63. The van der Waals surface area contributed by atoms with Crippen molar-refractivity contribution in [1.82, 2.24) is 0 Å². The van der Waals surface area contributed by atoms with Crippen molar-refractivity contribution in [2.75, 3.05) is 11.5 Å². The predicted octanol–water partition coefficient (Wildman–Crippen LogP) is 3.75. The van der Waals surface area contributed by atoms with E-state index >= 15 is 0 Å². The van der Waals surface area contributed by atoms with Crippen molar-refractivity contribution in [3.63, 3.8) is 0 Å². The van der Waals surface area contributed by atoms with E-state index in [1.165, 1.54) is 0 Å². The fourth-order valence-electron chi connectivity index (χ4n) is 1.69. The van der Waals surface area contributed by atoms with Gasteiger partial charge in [0.25, 0.3) is 0 Å². The SMILES string of the molecule is OC1CCSSSSSCCC(O)CCC(O)CC1. The first-order chi connectivity index (χ1) is 9.18. The van der Waals surface area contributed by atoms with E-state index in [9.17, 15) is 15.3 Å². The zero-order chi connectivity index (χ0) is 13.9. The van der Waals surface area contributed by atoms with Gasteiger partial charge in [0, 0.05) is 11.5 Å². The fourth-order valence-corrected chi connectivity index (χ4v) is 10.7. The number of hydrogen-bond acceptors (Lipinski definition) is 8. The zero-order valence-corrected chi connectivity index (χ0v) is 14.9. The predicted molar refractivity (Wildman–Crippen MR) is 93.4 cm³/mol. The Balaban J connectivity index is 2.27. The van der Waals surface area contributed by atoms with Gasteiger partial charge in [-0.2, -0.15) is 0 Å². The largest absolute Gasteiger partial charge is 0.393 e. The van der Waals surface area contributed by atoms with Crippen molar-refractivity contribution >= 4 is 51.1 Å². The van der Waals surface area contributed by atoms with Crippen LogP contribution in [0.15, 0.2) is 0 Å². The summed E-state index contributed by atoms with van der Waals surface area (Å²) in [4.78, 5) is 0. The molecule has 3 nitrogen and oxygen atoms in total. The molecule has 0 bridgehead atoms. The van der Waals surface area contributed by atoms with Crippen LogP contribution in [0.1, 0.15) is 38.5 Å². The van der Waals surface area contributed by atoms with Crippen LogP contribution < -0.4 is 0 Å². The molecule has 19 heavy (non-hydrogen) atoms. The molecule has 0 spiro atoms. The Kier molecular flexibility index (Phi) is 12.0. The summed E-state index contributed by atoms with van der Waals surface area (Å²) in [5.74, 6) is 1.89. The summed E-state index contributed by atoms with van der Waals surface area (Å²) >= 11 is 0. The average molecular weight is 363 g/mol. The van der Waals surface area contributed by atoms with E-state index in [-0.39, 0.29) is 12.2 Å². The van der Waals surface area contributed by atoms with Gasteiger partial charge in [-0.15, -0.1) is 0 Å². The fraction of sp³-hybridized carbons (Fsp3) is 1.00. The summed E-state index contributed by atoms with van der Waals surface area (Å²) in [5.41, 5.74) is 0. The maximum absolute atomic E-state index is 9.81. The molecule has 2 atom stereocenters. The van der Waals surface area contributed by atoms with Crippen LogP contribution in [0, 0.1) is 0 Å². The van der Waals surface area contributed by atoms with Crippen molar-refractivity contribution in [2.45, 2.75) is 56.8 Å². The summed E-state index contributed by atoms with van der Waals surface area (Å²) in [5, 5.41) is 29.4. The van der Waals surface area contributed by atoms with Crippen molar-refractivity contribution in [2.24, 2.45) is 0 Å². The average Bonchev–Trinajstić information content (AvgIpc) is 2.40. The first kappa shape index (κ1) is 18.7. The lowest BCUT2D eigenvalue weighted by Gasteiger charge is -2.16. The van der Waals surface area contributed by atoms with Gasteiger partial charge >= 0.3 is 0 Å². The normalized spacial score (nSPS) is 33.9. The van der Waals surface area contributed by atoms with Crippen molar-refractivity contribution in [1.29, 1.82) is 0 Å². The highest BCUT2D eigenvalue weighted by atomic mass is 33.8. The lowest BCUT2D eigenvalue weighted by Crippen LogP contribution is -2.17. The molecule has 1 rings (SSSR count). The molecule has 0 aromatic heterocycles. The molecular weight excluding hydrogens is 340 g/mol. The molecular formula is C11H22O3S5. The van der Waals surface area contributed by atoms with Gasteiger partial charge in [0.05, 0.1) is 18.3 Å². The molecule has 1 aliphatic rings. The van der Waals surface area contributed by atoms with Crippen LogP contribution in [0.2, 0.25) is 0 Å². The molecule has 0 amide bonds. The molecule has 1 fully saturated rings. The standard InChI is InChI=1S/C11H22O3S5/c12-9-1-3-10(13)5-7-15-17-19-18-16-8-6-11(14)4-2-9/h9-14H,1-8H2. The summed E-state index contributed by atoms with van der Waals surface area (Å²) < 4.78 is 0. The molecule has 2 unspecified atom stereocenters. The second kappa shape index (κ2) is 12.2. The molecule has 0 aromatic rings. The third kappa shape index (κ3) is 10.9. The molecule has 0 saturated carbocycles. The second-order valence-corrected chi connectivity index (χ2v) is 12.6. The van der Waals surface area contributed by atoms with Crippen molar-refractivity contribution < 1.29 is 15.3 Å².